The smallest absolute Gasteiger partial charge is 0.0477 e. The summed E-state index contributed by atoms with van der Waals surface area (Å²) < 4.78 is 0. The Hall–Kier alpha value is -2.83. The SMILES string of the molecule is ClCc1ccc(Cc2ccccc2)c(Cc2ccccc2)c1Cc1ccccc1. The highest BCUT2D eigenvalue weighted by molar-refractivity contribution is 6.17. The Morgan fingerprint density at radius 3 is 1.24 bits per heavy atom. The van der Waals surface area contributed by atoms with Crippen molar-refractivity contribution < 1.29 is 0 Å². The molecule has 144 valence electrons. The molecule has 0 bridgehead atoms. The molecule has 0 saturated heterocycles. The highest BCUT2D eigenvalue weighted by Gasteiger charge is 2.15. The van der Waals surface area contributed by atoms with Gasteiger partial charge in [0.1, 0.15) is 0 Å². The standard InChI is InChI=1S/C28H25Cl/c29-21-26-17-16-25(18-22-10-4-1-5-11-22)27(19-23-12-6-2-7-13-23)28(26)20-24-14-8-3-9-15-24/h1-17H,18-21H2. The van der Waals surface area contributed by atoms with Crippen molar-refractivity contribution >= 4 is 11.6 Å². The van der Waals surface area contributed by atoms with Crippen molar-refractivity contribution in [3.63, 3.8) is 0 Å². The Morgan fingerprint density at radius 2 is 0.793 bits per heavy atom. The van der Waals surface area contributed by atoms with Crippen LogP contribution in [0.25, 0.3) is 0 Å². The average Bonchev–Trinajstić information content (AvgIpc) is 2.78. The number of hydrogen-bond donors (Lipinski definition) is 0. The Morgan fingerprint density at radius 1 is 0.414 bits per heavy atom. The summed E-state index contributed by atoms with van der Waals surface area (Å²) in [6, 6.07) is 36.7. The van der Waals surface area contributed by atoms with Crippen molar-refractivity contribution in [2.75, 3.05) is 0 Å². The second kappa shape index (κ2) is 9.58. The molecule has 4 aromatic carbocycles. The van der Waals surface area contributed by atoms with E-state index in [1.54, 1.807) is 0 Å². The summed E-state index contributed by atoms with van der Waals surface area (Å²) in [5, 5.41) is 0. The molecule has 0 unspecified atom stereocenters. The summed E-state index contributed by atoms with van der Waals surface area (Å²) >= 11 is 6.39. The zero-order chi connectivity index (χ0) is 19.9. The van der Waals surface area contributed by atoms with Crippen LogP contribution < -0.4 is 0 Å². The maximum absolute atomic E-state index is 6.39. The van der Waals surface area contributed by atoms with Crippen LogP contribution >= 0.6 is 11.6 Å². The molecule has 0 radical (unpaired) electrons. The lowest BCUT2D eigenvalue weighted by atomic mass is 9.86. The third-order valence-electron chi connectivity index (χ3n) is 5.45. The minimum Gasteiger partial charge on any atom is -0.122 e. The molecule has 0 atom stereocenters. The summed E-state index contributed by atoms with van der Waals surface area (Å²) in [5.41, 5.74) is 9.42. The molecule has 0 fully saturated rings. The second-order valence-corrected chi connectivity index (χ2v) is 7.73. The molecule has 0 aliphatic carbocycles. The van der Waals surface area contributed by atoms with Gasteiger partial charge in [-0.05, 0) is 58.2 Å². The molecule has 0 spiro atoms. The van der Waals surface area contributed by atoms with Crippen LogP contribution in [0.5, 0.6) is 0 Å². The molecule has 0 amide bonds. The van der Waals surface area contributed by atoms with Crippen molar-refractivity contribution in [3.8, 4) is 0 Å². The fourth-order valence-corrected chi connectivity index (χ4v) is 4.19. The molecule has 0 heterocycles. The zero-order valence-corrected chi connectivity index (χ0v) is 17.3. The molecule has 0 aliphatic rings. The van der Waals surface area contributed by atoms with Gasteiger partial charge in [-0.1, -0.05) is 103 Å². The molecule has 0 nitrogen and oxygen atoms in total. The lowest BCUT2D eigenvalue weighted by Crippen LogP contribution is -2.07. The van der Waals surface area contributed by atoms with Gasteiger partial charge in [0.15, 0.2) is 0 Å². The Balaban J connectivity index is 1.80. The number of benzene rings is 4. The van der Waals surface area contributed by atoms with Crippen LogP contribution in [-0.2, 0) is 25.1 Å². The summed E-state index contributed by atoms with van der Waals surface area (Å²) in [5.74, 6) is 0.537. The lowest BCUT2D eigenvalue weighted by molar-refractivity contribution is 1.01. The molecular formula is C28H25Cl. The Kier molecular flexibility index (Phi) is 6.44. The van der Waals surface area contributed by atoms with Gasteiger partial charge >= 0.3 is 0 Å². The van der Waals surface area contributed by atoms with E-state index in [2.05, 4.69) is 103 Å². The summed E-state index contributed by atoms with van der Waals surface area (Å²) in [6.07, 6.45) is 2.77. The first-order chi connectivity index (χ1) is 14.3. The van der Waals surface area contributed by atoms with E-state index in [1.165, 1.54) is 38.9 Å². The first kappa shape index (κ1) is 19.5. The van der Waals surface area contributed by atoms with E-state index < -0.39 is 0 Å². The van der Waals surface area contributed by atoms with Gasteiger partial charge in [-0.15, -0.1) is 11.6 Å². The molecule has 4 aromatic rings. The maximum Gasteiger partial charge on any atom is 0.0477 e. The van der Waals surface area contributed by atoms with Crippen LogP contribution in [-0.4, -0.2) is 0 Å². The molecular weight excluding hydrogens is 372 g/mol. The number of halogens is 1. The fraction of sp³-hybridized carbons (Fsp3) is 0.143. The monoisotopic (exact) mass is 396 g/mol. The molecule has 0 aromatic heterocycles. The predicted octanol–water partition coefficient (Wildman–Crippen LogP) is 7.20. The Bertz CT molecular complexity index is 1040. The zero-order valence-electron chi connectivity index (χ0n) is 16.5. The van der Waals surface area contributed by atoms with Gasteiger partial charge in [0.05, 0.1) is 0 Å². The van der Waals surface area contributed by atoms with Crippen molar-refractivity contribution in [1.29, 1.82) is 0 Å². The molecule has 1 heteroatoms. The Labute approximate surface area is 178 Å². The number of alkyl halides is 1. The van der Waals surface area contributed by atoms with Gasteiger partial charge in [-0.25, -0.2) is 0 Å². The van der Waals surface area contributed by atoms with Crippen molar-refractivity contribution in [1.82, 2.24) is 0 Å². The fourth-order valence-electron chi connectivity index (χ4n) is 3.94. The van der Waals surface area contributed by atoms with E-state index in [9.17, 15) is 0 Å². The van der Waals surface area contributed by atoms with E-state index in [0.29, 0.717) is 5.88 Å². The molecule has 0 saturated carbocycles. The van der Waals surface area contributed by atoms with Gasteiger partial charge in [0, 0.05) is 5.88 Å². The van der Waals surface area contributed by atoms with E-state index in [-0.39, 0.29) is 0 Å². The first-order valence-electron chi connectivity index (χ1n) is 10.1. The van der Waals surface area contributed by atoms with Crippen molar-refractivity contribution in [2.45, 2.75) is 25.1 Å². The largest absolute Gasteiger partial charge is 0.122 e. The quantitative estimate of drug-likeness (QED) is 0.290. The van der Waals surface area contributed by atoms with Crippen LogP contribution in [0, 0.1) is 0 Å². The second-order valence-electron chi connectivity index (χ2n) is 7.46. The minimum absolute atomic E-state index is 0.537. The van der Waals surface area contributed by atoms with Crippen molar-refractivity contribution in [3.05, 3.63) is 142 Å². The highest BCUT2D eigenvalue weighted by Crippen LogP contribution is 2.28. The lowest BCUT2D eigenvalue weighted by Gasteiger charge is -2.19. The van der Waals surface area contributed by atoms with Gasteiger partial charge in [-0.2, -0.15) is 0 Å². The third kappa shape index (κ3) is 4.96. The normalized spacial score (nSPS) is 10.8. The van der Waals surface area contributed by atoms with E-state index in [1.807, 2.05) is 0 Å². The third-order valence-corrected chi connectivity index (χ3v) is 5.74. The van der Waals surface area contributed by atoms with Crippen LogP contribution in [0.2, 0.25) is 0 Å². The van der Waals surface area contributed by atoms with Crippen LogP contribution in [0.4, 0.5) is 0 Å². The predicted molar refractivity (Wildman–Crippen MR) is 124 cm³/mol. The molecule has 4 rings (SSSR count). The van der Waals surface area contributed by atoms with E-state index in [4.69, 9.17) is 11.6 Å². The highest BCUT2D eigenvalue weighted by atomic mass is 35.5. The maximum atomic E-state index is 6.39. The van der Waals surface area contributed by atoms with Gasteiger partial charge in [-0.3, -0.25) is 0 Å². The van der Waals surface area contributed by atoms with E-state index in [0.717, 1.165) is 19.3 Å². The topological polar surface area (TPSA) is 0 Å². The van der Waals surface area contributed by atoms with Crippen LogP contribution in [0.3, 0.4) is 0 Å². The number of rotatable bonds is 7. The van der Waals surface area contributed by atoms with Crippen molar-refractivity contribution in [2.24, 2.45) is 0 Å². The van der Waals surface area contributed by atoms with Crippen LogP contribution in [0.1, 0.15) is 38.9 Å². The summed E-state index contributed by atoms with van der Waals surface area (Å²) in [4.78, 5) is 0. The molecule has 29 heavy (non-hydrogen) atoms. The average molecular weight is 397 g/mol. The van der Waals surface area contributed by atoms with Gasteiger partial charge < -0.3 is 0 Å². The minimum atomic E-state index is 0.537. The summed E-state index contributed by atoms with van der Waals surface area (Å²) in [7, 11) is 0. The molecule has 0 aliphatic heterocycles. The molecule has 0 N–H and O–H groups in total. The first-order valence-corrected chi connectivity index (χ1v) is 10.7. The summed E-state index contributed by atoms with van der Waals surface area (Å²) in [6.45, 7) is 0. The van der Waals surface area contributed by atoms with E-state index >= 15 is 0 Å². The number of hydrogen-bond acceptors (Lipinski definition) is 0. The van der Waals surface area contributed by atoms with Gasteiger partial charge in [0.25, 0.3) is 0 Å². The van der Waals surface area contributed by atoms with Gasteiger partial charge in [0.2, 0.25) is 0 Å². The van der Waals surface area contributed by atoms with Crippen LogP contribution in [0.15, 0.2) is 103 Å².